The molecule has 0 unspecified atom stereocenters. The van der Waals surface area contributed by atoms with Crippen molar-refractivity contribution in [2.24, 2.45) is 0 Å². The zero-order valence-electron chi connectivity index (χ0n) is 16.7. The van der Waals surface area contributed by atoms with E-state index in [0.29, 0.717) is 17.6 Å². The summed E-state index contributed by atoms with van der Waals surface area (Å²) in [5.41, 5.74) is 0.741. The number of sulfonamides is 1. The van der Waals surface area contributed by atoms with Gasteiger partial charge in [-0.1, -0.05) is 5.16 Å². The van der Waals surface area contributed by atoms with E-state index in [1.807, 2.05) is 11.5 Å². The van der Waals surface area contributed by atoms with Gasteiger partial charge < -0.3 is 9.09 Å². The minimum atomic E-state index is -3.61. The van der Waals surface area contributed by atoms with Crippen molar-refractivity contribution in [3.05, 3.63) is 42.3 Å². The molecule has 2 aliphatic rings. The maximum absolute atomic E-state index is 12.9. The van der Waals surface area contributed by atoms with Crippen LogP contribution in [0.25, 0.3) is 11.4 Å². The lowest BCUT2D eigenvalue weighted by atomic mass is 9.91. The fraction of sp³-hybridized carbons (Fsp3) is 0.500. The maximum atomic E-state index is 12.9. The molecule has 2 saturated carbocycles. The van der Waals surface area contributed by atoms with E-state index >= 15 is 0 Å². The molecule has 30 heavy (non-hydrogen) atoms. The Morgan fingerprint density at radius 3 is 2.63 bits per heavy atom. The summed E-state index contributed by atoms with van der Waals surface area (Å²) in [4.78, 5) is 4.65. The first-order valence-electron chi connectivity index (χ1n) is 10.3. The Labute approximate surface area is 175 Å². The summed E-state index contributed by atoms with van der Waals surface area (Å²) in [7, 11) is -3.61. The van der Waals surface area contributed by atoms with Gasteiger partial charge in [-0.15, -0.1) is 10.2 Å². The summed E-state index contributed by atoms with van der Waals surface area (Å²) >= 11 is 0. The Morgan fingerprint density at radius 1 is 1.13 bits per heavy atom. The van der Waals surface area contributed by atoms with Gasteiger partial charge in [0.2, 0.25) is 21.7 Å². The van der Waals surface area contributed by atoms with Crippen LogP contribution in [0.4, 0.5) is 0 Å². The van der Waals surface area contributed by atoms with Crippen molar-refractivity contribution in [2.75, 3.05) is 0 Å². The predicted octanol–water partition coefficient (Wildman–Crippen LogP) is 2.98. The zero-order valence-corrected chi connectivity index (χ0v) is 17.5. The summed E-state index contributed by atoms with van der Waals surface area (Å²) in [6.45, 7) is 1.92. The van der Waals surface area contributed by atoms with Crippen LogP contribution in [-0.2, 0) is 10.0 Å². The molecule has 2 atom stereocenters. The first kappa shape index (κ1) is 19.4. The van der Waals surface area contributed by atoms with E-state index in [9.17, 15) is 8.42 Å². The van der Waals surface area contributed by atoms with E-state index in [0.717, 1.165) is 49.9 Å². The molecule has 2 aliphatic carbocycles. The van der Waals surface area contributed by atoms with Crippen LogP contribution in [-0.4, -0.2) is 39.4 Å². The number of aryl methyl sites for hydroxylation is 1. The predicted molar refractivity (Wildman–Crippen MR) is 108 cm³/mol. The molecule has 2 fully saturated rings. The third-order valence-corrected chi connectivity index (χ3v) is 7.44. The van der Waals surface area contributed by atoms with Crippen LogP contribution >= 0.6 is 0 Å². The largest absolute Gasteiger partial charge is 0.339 e. The van der Waals surface area contributed by atoms with Crippen molar-refractivity contribution in [3.8, 4) is 11.4 Å². The first-order chi connectivity index (χ1) is 14.5. The topological polar surface area (TPSA) is 116 Å². The highest BCUT2D eigenvalue weighted by atomic mass is 32.2. The van der Waals surface area contributed by atoms with Crippen molar-refractivity contribution in [1.82, 2.24) is 29.6 Å². The van der Waals surface area contributed by atoms with E-state index in [1.165, 1.54) is 0 Å². The molecular weight excluding hydrogens is 404 g/mol. The fourth-order valence-corrected chi connectivity index (χ4v) is 5.38. The summed E-state index contributed by atoms with van der Waals surface area (Å²) in [6, 6.07) is 6.72. The molecule has 0 spiro atoms. The van der Waals surface area contributed by atoms with Crippen molar-refractivity contribution in [1.29, 1.82) is 0 Å². The Balaban J connectivity index is 1.28. The molecule has 2 heterocycles. The van der Waals surface area contributed by atoms with Gasteiger partial charge in [0.25, 0.3) is 0 Å². The van der Waals surface area contributed by atoms with E-state index in [-0.39, 0.29) is 17.0 Å². The summed E-state index contributed by atoms with van der Waals surface area (Å²) < 4.78 is 36.0. The van der Waals surface area contributed by atoms with Crippen LogP contribution in [0, 0.1) is 6.92 Å². The second-order valence-corrected chi connectivity index (χ2v) is 9.89. The second-order valence-electron chi connectivity index (χ2n) is 8.18. The average molecular weight is 429 g/mol. The van der Waals surface area contributed by atoms with Gasteiger partial charge in [0, 0.05) is 23.6 Å². The maximum Gasteiger partial charge on any atom is 0.240 e. The summed E-state index contributed by atoms with van der Waals surface area (Å²) in [5.74, 6) is 2.40. The van der Waals surface area contributed by atoms with Crippen LogP contribution in [0.15, 0.2) is 40.0 Å². The summed E-state index contributed by atoms with van der Waals surface area (Å²) in [6.07, 6.45) is 7.40. The quantitative estimate of drug-likeness (QED) is 0.641. The number of hydrogen-bond acceptors (Lipinski definition) is 7. The van der Waals surface area contributed by atoms with Crippen LogP contribution in [0.3, 0.4) is 0 Å². The molecule has 0 saturated heterocycles. The molecule has 5 rings (SSSR count). The smallest absolute Gasteiger partial charge is 0.240 e. The van der Waals surface area contributed by atoms with Gasteiger partial charge in [0.05, 0.1) is 4.90 Å². The number of hydrogen-bond donors (Lipinski definition) is 1. The number of nitrogens with one attached hydrogen (secondary N) is 1. The molecule has 0 aliphatic heterocycles. The van der Waals surface area contributed by atoms with E-state index in [2.05, 4.69) is 25.1 Å². The molecule has 0 bridgehead atoms. The Kier molecular flexibility index (Phi) is 4.90. The van der Waals surface area contributed by atoms with E-state index in [1.54, 1.807) is 30.6 Å². The molecule has 9 nitrogen and oxygen atoms in total. The van der Waals surface area contributed by atoms with Gasteiger partial charge in [-0.05, 0) is 69.7 Å². The Hall–Kier alpha value is -2.59. The van der Waals surface area contributed by atoms with E-state index in [4.69, 9.17) is 4.52 Å². The number of aromatic nitrogens is 5. The lowest BCUT2D eigenvalue weighted by Crippen LogP contribution is -2.38. The molecule has 0 amide bonds. The number of rotatable bonds is 6. The molecular formula is C20H24N6O3S. The molecule has 158 valence electrons. The van der Waals surface area contributed by atoms with Gasteiger partial charge in [-0.25, -0.2) is 13.1 Å². The molecule has 0 radical (unpaired) electrons. The van der Waals surface area contributed by atoms with Crippen LogP contribution < -0.4 is 4.72 Å². The van der Waals surface area contributed by atoms with Crippen LogP contribution in [0.2, 0.25) is 0 Å². The minimum Gasteiger partial charge on any atom is -0.339 e. The van der Waals surface area contributed by atoms with Gasteiger partial charge >= 0.3 is 0 Å². The fourth-order valence-electron chi connectivity index (χ4n) is 4.10. The van der Waals surface area contributed by atoms with Gasteiger partial charge in [-0.2, -0.15) is 4.98 Å². The molecule has 1 N–H and O–H groups in total. The van der Waals surface area contributed by atoms with Crippen molar-refractivity contribution in [2.45, 2.75) is 68.3 Å². The average Bonchev–Trinajstić information content (AvgIpc) is 3.30. The number of nitrogens with zero attached hydrogens (tertiary/aromatic N) is 5. The SMILES string of the molecule is Cc1nncn1[C@@H]1CCC[C@H](NS(=O)(=O)c2ccc(-c3noc(C4CC4)n3)cc2)C1. The molecule has 10 heteroatoms. The Bertz CT molecular complexity index is 1130. The standard InChI is InChI=1S/C20H24N6O3S/c1-13-23-21-12-26(13)17-4-2-3-16(11-17)25-30(27,28)18-9-7-14(8-10-18)19-22-20(29-24-19)15-5-6-15/h7-10,12,15-17,25H,2-6,11H2,1H3/t16-,17+/m0/s1. The van der Waals surface area contributed by atoms with E-state index < -0.39 is 10.0 Å². The third kappa shape index (κ3) is 3.89. The van der Waals surface area contributed by atoms with Crippen molar-refractivity contribution >= 4 is 10.0 Å². The normalized spacial score (nSPS) is 22.3. The van der Waals surface area contributed by atoms with Crippen molar-refractivity contribution < 1.29 is 12.9 Å². The summed E-state index contributed by atoms with van der Waals surface area (Å²) in [5, 5.41) is 12.0. The highest BCUT2D eigenvalue weighted by Gasteiger charge is 2.30. The van der Waals surface area contributed by atoms with Gasteiger partial charge in [0.15, 0.2) is 0 Å². The molecule has 2 aromatic heterocycles. The van der Waals surface area contributed by atoms with Crippen LogP contribution in [0.1, 0.15) is 62.2 Å². The third-order valence-electron chi connectivity index (χ3n) is 5.91. The Morgan fingerprint density at radius 2 is 1.93 bits per heavy atom. The first-order valence-corrected chi connectivity index (χ1v) is 11.8. The second kappa shape index (κ2) is 7.59. The van der Waals surface area contributed by atoms with Crippen LogP contribution in [0.5, 0.6) is 0 Å². The lowest BCUT2D eigenvalue weighted by Gasteiger charge is -2.30. The monoisotopic (exact) mass is 428 g/mol. The zero-order chi connectivity index (χ0) is 20.7. The molecule has 3 aromatic rings. The minimum absolute atomic E-state index is 0.117. The lowest BCUT2D eigenvalue weighted by molar-refractivity contribution is 0.302. The highest BCUT2D eigenvalue weighted by Crippen LogP contribution is 2.39. The molecule has 1 aromatic carbocycles. The van der Waals surface area contributed by atoms with Crippen molar-refractivity contribution in [3.63, 3.8) is 0 Å². The highest BCUT2D eigenvalue weighted by molar-refractivity contribution is 7.89. The number of benzene rings is 1. The van der Waals surface area contributed by atoms with Gasteiger partial charge in [0.1, 0.15) is 12.2 Å². The van der Waals surface area contributed by atoms with Gasteiger partial charge in [-0.3, -0.25) is 0 Å².